The lowest BCUT2D eigenvalue weighted by Gasteiger charge is -2.04. The third kappa shape index (κ3) is 2.54. The zero-order chi connectivity index (χ0) is 12.3. The summed E-state index contributed by atoms with van der Waals surface area (Å²) in [7, 11) is -0.0319. The molecule has 0 heterocycles. The van der Waals surface area contributed by atoms with Gasteiger partial charge in [-0.05, 0) is 23.3 Å². The highest BCUT2D eigenvalue weighted by Gasteiger charge is 2.11. The quantitative estimate of drug-likeness (QED) is 0.833. The van der Waals surface area contributed by atoms with Crippen LogP contribution in [-0.4, -0.2) is 8.42 Å². The molecule has 0 aliphatic carbocycles. The van der Waals surface area contributed by atoms with Crippen LogP contribution in [0.1, 0.15) is 0 Å². The number of hydrogen-bond acceptors (Lipinski definition) is 2. The van der Waals surface area contributed by atoms with Crippen molar-refractivity contribution in [2.24, 2.45) is 0 Å². The number of sulfonamides is 1. The minimum absolute atomic E-state index is 0.271. The van der Waals surface area contributed by atoms with E-state index in [4.69, 9.17) is 0 Å². The van der Waals surface area contributed by atoms with Crippen LogP contribution < -0.4 is 4.72 Å². The van der Waals surface area contributed by atoms with E-state index in [1.807, 2.05) is 30.3 Å². The van der Waals surface area contributed by atoms with Gasteiger partial charge in [0.25, 0.3) is 10.0 Å². The number of quaternary nitrogens is 1. The van der Waals surface area contributed by atoms with E-state index in [1.165, 1.54) is 0 Å². The van der Waals surface area contributed by atoms with Crippen molar-refractivity contribution >= 4 is 10.0 Å². The van der Waals surface area contributed by atoms with E-state index in [0.29, 0.717) is 0 Å². The second-order valence-corrected chi connectivity index (χ2v) is 5.50. The van der Waals surface area contributed by atoms with Gasteiger partial charge >= 0.3 is 0 Å². The Bertz CT molecular complexity index is 589. The van der Waals surface area contributed by atoms with Gasteiger partial charge in [-0.3, -0.25) is 0 Å². The molecule has 0 amide bonds. The lowest BCUT2D eigenvalue weighted by atomic mass is 10.1. The van der Waals surface area contributed by atoms with Gasteiger partial charge in [-0.2, -0.15) is 8.42 Å². The molecule has 88 valence electrons. The molecule has 0 saturated carbocycles. The molecule has 0 bridgehead atoms. The fourth-order valence-electron chi connectivity index (χ4n) is 1.56. The average Bonchev–Trinajstić information content (AvgIpc) is 2.40. The molecule has 0 atom stereocenters. The summed E-state index contributed by atoms with van der Waals surface area (Å²) in [4.78, 5) is 0.271. The maximum absolute atomic E-state index is 11.5. The molecule has 0 fully saturated rings. The Labute approximate surface area is 101 Å². The van der Waals surface area contributed by atoms with Gasteiger partial charge < -0.3 is 4.72 Å². The van der Waals surface area contributed by atoms with E-state index >= 15 is 0 Å². The molecule has 2 rings (SSSR count). The highest BCUT2D eigenvalue weighted by Crippen LogP contribution is 2.20. The van der Waals surface area contributed by atoms with Crippen LogP contribution in [0.3, 0.4) is 0 Å². The largest absolute Gasteiger partial charge is 0.367 e. The molecule has 3 nitrogen and oxygen atoms in total. The summed E-state index contributed by atoms with van der Waals surface area (Å²) in [6, 6.07) is 16.6. The number of benzene rings is 2. The summed E-state index contributed by atoms with van der Waals surface area (Å²) in [6.07, 6.45) is 0. The molecule has 0 radical (unpaired) electrons. The molecular weight excluding hydrogens is 234 g/mol. The fraction of sp³-hybridized carbons (Fsp3) is 0. The molecule has 2 aromatic carbocycles. The Kier molecular flexibility index (Phi) is 3.26. The first-order valence-corrected chi connectivity index (χ1v) is 6.71. The third-order valence-corrected chi connectivity index (χ3v) is 3.88. The van der Waals surface area contributed by atoms with E-state index in [2.05, 4.69) is 7.05 Å². The summed E-state index contributed by atoms with van der Waals surface area (Å²) in [5, 5.41) is 0. The molecule has 0 aromatic heterocycles. The molecule has 0 saturated heterocycles. The lowest BCUT2D eigenvalue weighted by Crippen LogP contribution is -2.80. The first kappa shape index (κ1) is 11.8. The van der Waals surface area contributed by atoms with Gasteiger partial charge in [0, 0.05) is 0 Å². The van der Waals surface area contributed by atoms with Gasteiger partial charge in [0.2, 0.25) is 0 Å². The van der Waals surface area contributed by atoms with Crippen LogP contribution in [0.25, 0.3) is 11.1 Å². The van der Waals surface area contributed by atoms with Crippen molar-refractivity contribution in [3.05, 3.63) is 61.6 Å². The molecule has 0 aliphatic heterocycles. The van der Waals surface area contributed by atoms with E-state index in [0.717, 1.165) is 15.8 Å². The molecule has 2 N–H and O–H groups in total. The normalized spacial score (nSPS) is 11.4. The number of hydrogen-bond donors (Lipinski definition) is 1. The smallest absolute Gasteiger partial charge is 0.299 e. The summed E-state index contributed by atoms with van der Waals surface area (Å²) in [5.41, 5.74) is 2.06. The van der Waals surface area contributed by atoms with Gasteiger partial charge in [-0.25, -0.2) is 0 Å². The van der Waals surface area contributed by atoms with E-state index in [9.17, 15) is 8.42 Å². The lowest BCUT2D eigenvalue weighted by molar-refractivity contribution is -0.424. The van der Waals surface area contributed by atoms with Gasteiger partial charge in [-0.1, -0.05) is 42.5 Å². The minimum atomic E-state index is -3.33. The Balaban J connectivity index is 2.38. The average molecular weight is 247 g/mol. The van der Waals surface area contributed by atoms with Crippen molar-refractivity contribution < 1.29 is 13.1 Å². The molecule has 2 aromatic rings. The molecular formula is C13H13NO2S. The van der Waals surface area contributed by atoms with Crippen molar-refractivity contribution in [1.82, 2.24) is 0 Å². The molecule has 17 heavy (non-hydrogen) atoms. The summed E-state index contributed by atoms with van der Waals surface area (Å²) in [5.74, 6) is 0. The third-order valence-electron chi connectivity index (χ3n) is 2.51. The monoisotopic (exact) mass is 247 g/mol. The van der Waals surface area contributed by atoms with Crippen LogP contribution in [0.15, 0.2) is 59.5 Å². The van der Waals surface area contributed by atoms with Crippen LogP contribution >= 0.6 is 0 Å². The summed E-state index contributed by atoms with van der Waals surface area (Å²) in [6.45, 7) is 0. The van der Waals surface area contributed by atoms with E-state index in [-0.39, 0.29) is 4.90 Å². The number of nitrogens with two attached hydrogens (primary N) is 1. The number of primary sulfonamides is 1. The summed E-state index contributed by atoms with van der Waals surface area (Å²) < 4.78 is 24.0. The van der Waals surface area contributed by atoms with Gasteiger partial charge in [0.05, 0.1) is 0 Å². The van der Waals surface area contributed by atoms with Crippen LogP contribution in [0.4, 0.5) is 0 Å². The molecule has 0 spiro atoms. The number of rotatable bonds is 3. The predicted molar refractivity (Wildman–Crippen MR) is 66.3 cm³/mol. The Hall–Kier alpha value is -1.65. The van der Waals surface area contributed by atoms with Crippen molar-refractivity contribution in [2.75, 3.05) is 0 Å². The van der Waals surface area contributed by atoms with Crippen molar-refractivity contribution in [1.29, 1.82) is 0 Å². The Morgan fingerprint density at radius 3 is 1.88 bits per heavy atom. The Morgan fingerprint density at radius 2 is 1.35 bits per heavy atom. The first-order valence-electron chi connectivity index (χ1n) is 5.16. The van der Waals surface area contributed by atoms with Crippen LogP contribution in [0.2, 0.25) is 0 Å². The van der Waals surface area contributed by atoms with E-state index < -0.39 is 10.0 Å². The molecule has 4 heteroatoms. The molecule has 0 unspecified atom stereocenters. The van der Waals surface area contributed by atoms with Crippen molar-refractivity contribution in [3.63, 3.8) is 0 Å². The first-order chi connectivity index (χ1) is 8.13. The highest BCUT2D eigenvalue weighted by atomic mass is 32.2. The van der Waals surface area contributed by atoms with Gasteiger partial charge in [-0.15, -0.1) is 7.05 Å². The van der Waals surface area contributed by atoms with Crippen LogP contribution in [0.5, 0.6) is 0 Å². The topological polar surface area (TPSA) is 50.8 Å². The second kappa shape index (κ2) is 4.69. The van der Waals surface area contributed by atoms with Crippen molar-refractivity contribution in [3.8, 4) is 11.1 Å². The maximum atomic E-state index is 11.5. The zero-order valence-electron chi connectivity index (χ0n) is 9.21. The maximum Gasteiger partial charge on any atom is 0.299 e. The highest BCUT2D eigenvalue weighted by molar-refractivity contribution is 7.84. The second-order valence-electron chi connectivity index (χ2n) is 3.60. The minimum Gasteiger partial charge on any atom is -0.367 e. The predicted octanol–water partition coefficient (Wildman–Crippen LogP) is 1.40. The van der Waals surface area contributed by atoms with E-state index in [1.54, 1.807) is 24.3 Å². The SMILES string of the molecule is [CH2-][NH2+]S(=O)(=O)c1ccc(-c2ccccc2)cc1. The van der Waals surface area contributed by atoms with Crippen LogP contribution in [0, 0.1) is 7.05 Å². The fourth-order valence-corrected chi connectivity index (χ4v) is 2.27. The van der Waals surface area contributed by atoms with Crippen molar-refractivity contribution in [2.45, 2.75) is 4.90 Å². The van der Waals surface area contributed by atoms with Gasteiger partial charge in [0.15, 0.2) is 0 Å². The van der Waals surface area contributed by atoms with Gasteiger partial charge in [0.1, 0.15) is 4.90 Å². The molecule has 0 aliphatic rings. The van der Waals surface area contributed by atoms with Crippen LogP contribution in [-0.2, 0) is 10.0 Å². The zero-order valence-corrected chi connectivity index (χ0v) is 10.0. The summed E-state index contributed by atoms with van der Waals surface area (Å²) >= 11 is 0. The standard InChI is InChI=1S/C13H13NO2S/c1-14-17(15,16)13-9-7-12(8-10-13)11-5-3-2-4-6-11/h2-10H,1,14H2. The Morgan fingerprint density at radius 1 is 0.824 bits per heavy atom.